The Kier molecular flexibility index (Phi) is 6.65. The molecule has 1 aliphatic carbocycles. The van der Waals surface area contributed by atoms with Crippen molar-refractivity contribution < 1.29 is 19.0 Å². The van der Waals surface area contributed by atoms with E-state index in [-0.39, 0.29) is 11.7 Å². The number of carboxylic acids is 1. The molecule has 1 aromatic heterocycles. The Balaban J connectivity index is 1.54. The Hall–Kier alpha value is -4.38. The van der Waals surface area contributed by atoms with Crippen molar-refractivity contribution in [3.05, 3.63) is 131 Å². The van der Waals surface area contributed by atoms with Gasteiger partial charge in [-0.05, 0) is 90.8 Å². The molecule has 1 aliphatic rings. The summed E-state index contributed by atoms with van der Waals surface area (Å²) in [5, 5.41) is 11.4. The molecule has 0 spiro atoms. The van der Waals surface area contributed by atoms with Gasteiger partial charge in [0, 0.05) is 16.8 Å². The molecule has 1 N–H and O–H groups in total. The van der Waals surface area contributed by atoms with E-state index in [2.05, 4.69) is 4.57 Å². The number of halogens is 1. The van der Waals surface area contributed by atoms with Gasteiger partial charge in [-0.15, -0.1) is 0 Å². The van der Waals surface area contributed by atoms with Gasteiger partial charge < -0.3 is 14.4 Å². The Morgan fingerprint density at radius 1 is 0.949 bits per heavy atom. The van der Waals surface area contributed by atoms with Crippen LogP contribution in [0, 0.1) is 12.7 Å². The predicted molar refractivity (Wildman–Crippen MR) is 151 cm³/mol. The number of hydrogen-bond acceptors (Lipinski definition) is 2. The number of rotatable bonds is 9. The van der Waals surface area contributed by atoms with Gasteiger partial charge in [-0.2, -0.15) is 0 Å². The third-order valence-electron chi connectivity index (χ3n) is 7.56. The van der Waals surface area contributed by atoms with Crippen LogP contribution in [-0.4, -0.2) is 15.6 Å². The molecular formula is C34H30FNO3. The van der Waals surface area contributed by atoms with E-state index in [1.54, 1.807) is 13.0 Å². The van der Waals surface area contributed by atoms with Crippen molar-refractivity contribution >= 4 is 16.9 Å². The maximum Gasteiger partial charge on any atom is 0.311 e. The van der Waals surface area contributed by atoms with E-state index >= 15 is 0 Å². The number of fused-ring (bicyclic) bond motifs is 1. The van der Waals surface area contributed by atoms with Crippen LogP contribution >= 0.6 is 0 Å². The smallest absolute Gasteiger partial charge is 0.311 e. The average Bonchev–Trinajstić information content (AvgIpc) is 3.74. The van der Waals surface area contributed by atoms with Crippen LogP contribution < -0.4 is 4.74 Å². The normalized spacial score (nSPS) is 13.9. The summed E-state index contributed by atoms with van der Waals surface area (Å²) in [6, 6.07) is 30.8. The third-order valence-corrected chi connectivity index (χ3v) is 7.56. The number of ether oxygens (including phenoxy) is 1. The molecular weight excluding hydrogens is 489 g/mol. The lowest BCUT2D eigenvalue weighted by molar-refractivity contribution is -0.138. The van der Waals surface area contributed by atoms with Gasteiger partial charge in [-0.25, -0.2) is 4.39 Å². The van der Waals surface area contributed by atoms with Crippen LogP contribution in [0.4, 0.5) is 4.39 Å². The van der Waals surface area contributed by atoms with Crippen LogP contribution in [0.3, 0.4) is 0 Å². The van der Waals surface area contributed by atoms with E-state index in [4.69, 9.17) is 4.74 Å². The minimum absolute atomic E-state index is 0.254. The Labute approximate surface area is 227 Å². The fourth-order valence-corrected chi connectivity index (χ4v) is 5.48. The van der Waals surface area contributed by atoms with Gasteiger partial charge in [-0.1, -0.05) is 60.7 Å². The van der Waals surface area contributed by atoms with Crippen molar-refractivity contribution in [3.8, 4) is 11.4 Å². The van der Waals surface area contributed by atoms with Gasteiger partial charge >= 0.3 is 5.97 Å². The highest BCUT2D eigenvalue weighted by Crippen LogP contribution is 2.49. The van der Waals surface area contributed by atoms with Crippen molar-refractivity contribution in [1.29, 1.82) is 0 Å². The second-order valence-corrected chi connectivity index (χ2v) is 10.4. The minimum atomic E-state index is -0.856. The molecule has 196 valence electrons. The first-order chi connectivity index (χ1) is 19.0. The van der Waals surface area contributed by atoms with Gasteiger partial charge in [-0.3, -0.25) is 4.79 Å². The molecule has 0 saturated heterocycles. The first-order valence-electron chi connectivity index (χ1n) is 13.4. The van der Waals surface area contributed by atoms with Gasteiger partial charge in [0.2, 0.25) is 0 Å². The molecule has 1 fully saturated rings. The summed E-state index contributed by atoms with van der Waals surface area (Å²) in [6.45, 7) is 2.18. The Bertz CT molecular complexity index is 1640. The second kappa shape index (κ2) is 10.4. The molecule has 39 heavy (non-hydrogen) atoms. The number of hydrogen-bond donors (Lipinski definition) is 1. The lowest BCUT2D eigenvalue weighted by atomic mass is 9.88. The summed E-state index contributed by atoms with van der Waals surface area (Å²) in [7, 11) is 0. The van der Waals surface area contributed by atoms with E-state index in [9.17, 15) is 14.3 Å². The van der Waals surface area contributed by atoms with Crippen LogP contribution in [0.1, 0.15) is 52.6 Å². The molecule has 0 radical (unpaired) electrons. The zero-order valence-corrected chi connectivity index (χ0v) is 21.8. The molecule has 1 unspecified atom stereocenters. The number of carboxylic acid groups (broad SMARTS) is 1. The van der Waals surface area contributed by atoms with Crippen molar-refractivity contribution in [2.45, 2.75) is 44.6 Å². The molecule has 6 rings (SSSR count). The summed E-state index contributed by atoms with van der Waals surface area (Å²) >= 11 is 0. The summed E-state index contributed by atoms with van der Waals surface area (Å²) in [6.07, 6.45) is 2.38. The van der Waals surface area contributed by atoms with E-state index in [0.717, 1.165) is 51.8 Å². The van der Waals surface area contributed by atoms with Crippen molar-refractivity contribution in [3.63, 3.8) is 0 Å². The topological polar surface area (TPSA) is 51.5 Å². The number of aromatic nitrogens is 1. The average molecular weight is 520 g/mol. The Morgan fingerprint density at radius 3 is 2.28 bits per heavy atom. The predicted octanol–water partition coefficient (Wildman–Crippen LogP) is 7.95. The second-order valence-electron chi connectivity index (χ2n) is 10.4. The van der Waals surface area contributed by atoms with Gasteiger partial charge in [0.05, 0.1) is 11.4 Å². The minimum Gasteiger partial charge on any atom is -0.489 e. The first-order valence-corrected chi connectivity index (χ1v) is 13.4. The zero-order chi connectivity index (χ0) is 26.9. The molecule has 4 nitrogen and oxygen atoms in total. The van der Waals surface area contributed by atoms with Crippen molar-refractivity contribution in [1.82, 2.24) is 4.57 Å². The number of aryl methyl sites for hydroxylation is 1. The quantitative estimate of drug-likeness (QED) is 0.215. The van der Waals surface area contributed by atoms with E-state index < -0.39 is 11.9 Å². The number of benzene rings is 4. The van der Waals surface area contributed by atoms with E-state index in [1.165, 1.54) is 6.07 Å². The maximum atomic E-state index is 14.3. The van der Waals surface area contributed by atoms with Gasteiger partial charge in [0.15, 0.2) is 0 Å². The number of aliphatic carboxylic acids is 1. The lowest BCUT2D eigenvalue weighted by Crippen LogP contribution is -2.16. The molecule has 0 aliphatic heterocycles. The fourth-order valence-electron chi connectivity index (χ4n) is 5.48. The molecule has 0 amide bonds. The molecule has 4 aromatic carbocycles. The summed E-state index contributed by atoms with van der Waals surface area (Å²) in [4.78, 5) is 12.9. The highest BCUT2D eigenvalue weighted by molar-refractivity contribution is 5.94. The van der Waals surface area contributed by atoms with Gasteiger partial charge in [0.1, 0.15) is 18.2 Å². The molecule has 1 saturated carbocycles. The number of carbonyl (C=O) groups is 1. The summed E-state index contributed by atoms with van der Waals surface area (Å²) in [5.41, 5.74) is 6.18. The molecule has 5 aromatic rings. The van der Waals surface area contributed by atoms with Crippen LogP contribution in [0.25, 0.3) is 16.6 Å². The number of nitrogens with zero attached hydrogens (tertiary/aromatic N) is 1. The van der Waals surface area contributed by atoms with Crippen LogP contribution in [0.15, 0.2) is 97.1 Å². The van der Waals surface area contributed by atoms with Crippen molar-refractivity contribution in [2.24, 2.45) is 0 Å². The molecule has 5 heteroatoms. The zero-order valence-electron chi connectivity index (χ0n) is 21.8. The monoisotopic (exact) mass is 519 g/mol. The molecule has 0 bridgehead atoms. The van der Waals surface area contributed by atoms with E-state index in [0.29, 0.717) is 24.3 Å². The summed E-state index contributed by atoms with van der Waals surface area (Å²) < 4.78 is 22.6. The van der Waals surface area contributed by atoms with E-state index in [1.807, 2.05) is 84.9 Å². The van der Waals surface area contributed by atoms with Crippen LogP contribution in [-0.2, 0) is 17.8 Å². The first kappa shape index (κ1) is 24.9. The molecule has 1 atom stereocenters. The fraction of sp³-hybridized carbons (Fsp3) is 0.206. The lowest BCUT2D eigenvalue weighted by Gasteiger charge is -2.17. The SMILES string of the molecule is Cc1cc(-n2c(C3CC3)c(C(Cc3ccccc3)C(=O)O)c3cc(OCc4ccccc4)ccc32)ccc1F. The molecule has 1 heterocycles. The maximum absolute atomic E-state index is 14.3. The largest absolute Gasteiger partial charge is 0.489 e. The van der Waals surface area contributed by atoms with Crippen LogP contribution in [0.5, 0.6) is 5.75 Å². The van der Waals surface area contributed by atoms with Gasteiger partial charge in [0.25, 0.3) is 0 Å². The third kappa shape index (κ3) is 5.05. The highest BCUT2D eigenvalue weighted by atomic mass is 19.1. The highest BCUT2D eigenvalue weighted by Gasteiger charge is 2.37. The van der Waals surface area contributed by atoms with Crippen molar-refractivity contribution in [2.75, 3.05) is 0 Å². The van der Waals surface area contributed by atoms with Crippen LogP contribution in [0.2, 0.25) is 0 Å². The Morgan fingerprint density at radius 2 is 1.64 bits per heavy atom. The summed E-state index contributed by atoms with van der Waals surface area (Å²) in [5.74, 6) is -0.911. The standard InChI is InChI=1S/C34H30FNO3/c1-22-18-26(14-16-30(22)35)36-31-17-15-27(39-21-24-10-6-3-7-11-24)20-28(31)32(33(36)25-12-13-25)29(34(37)38)19-23-8-4-2-5-9-23/h2-11,14-18,20,25,29H,12-13,19,21H2,1H3,(H,37,38).